The van der Waals surface area contributed by atoms with Gasteiger partial charge in [0.1, 0.15) is 23.2 Å². The summed E-state index contributed by atoms with van der Waals surface area (Å²) >= 11 is 0. The van der Waals surface area contributed by atoms with Crippen LogP contribution in [0.15, 0.2) is 18.2 Å². The standard InChI is InChI=1S/C24H34O5/c1-6-7-12-28-21(26)22(2,3)17-8-9-18-19-13-16(15-25)10-11-24(19,27)23(4,5)29-20(18)14-17/h8-9,14-16,19,27H,6-7,10-13H2,1-5H3/t16?,19-,24+/m0/s1. The van der Waals surface area contributed by atoms with Gasteiger partial charge in [-0.25, -0.2) is 0 Å². The SMILES string of the molecule is CCCCOC(=O)C(C)(C)c1ccc2c(c1)OC(C)(C)[C@@]1(O)CCC(C=O)C[C@@H]21. The number of carbonyl (C=O) groups is 2. The summed E-state index contributed by atoms with van der Waals surface area (Å²) in [5.74, 6) is 0.213. The number of hydrogen-bond acceptors (Lipinski definition) is 5. The number of unbranched alkanes of at least 4 members (excludes halogenated alkanes) is 1. The van der Waals surface area contributed by atoms with Crippen LogP contribution < -0.4 is 4.74 Å². The average molecular weight is 403 g/mol. The van der Waals surface area contributed by atoms with Crippen LogP contribution in [0.1, 0.15) is 83.8 Å². The van der Waals surface area contributed by atoms with Crippen LogP contribution in [0.5, 0.6) is 5.75 Å². The largest absolute Gasteiger partial charge is 0.485 e. The minimum atomic E-state index is -1.02. The molecule has 1 saturated carbocycles. The Kier molecular flexibility index (Phi) is 5.83. The van der Waals surface area contributed by atoms with Crippen molar-refractivity contribution in [3.63, 3.8) is 0 Å². The van der Waals surface area contributed by atoms with Gasteiger partial charge in [0.15, 0.2) is 0 Å². The monoisotopic (exact) mass is 402 g/mol. The van der Waals surface area contributed by atoms with Crippen molar-refractivity contribution in [1.82, 2.24) is 0 Å². The molecule has 1 heterocycles. The lowest BCUT2D eigenvalue weighted by molar-refractivity contribution is -0.166. The van der Waals surface area contributed by atoms with E-state index in [0.29, 0.717) is 31.6 Å². The van der Waals surface area contributed by atoms with Gasteiger partial charge in [0.25, 0.3) is 0 Å². The highest BCUT2D eigenvalue weighted by atomic mass is 16.5. The molecule has 1 aromatic carbocycles. The van der Waals surface area contributed by atoms with Crippen LogP contribution in [0.4, 0.5) is 0 Å². The van der Waals surface area contributed by atoms with Crippen LogP contribution in [-0.4, -0.2) is 35.2 Å². The van der Waals surface area contributed by atoms with E-state index >= 15 is 0 Å². The third kappa shape index (κ3) is 3.70. The summed E-state index contributed by atoms with van der Waals surface area (Å²) in [7, 11) is 0. The van der Waals surface area contributed by atoms with E-state index in [1.807, 2.05) is 45.9 Å². The van der Waals surface area contributed by atoms with Gasteiger partial charge < -0.3 is 19.4 Å². The average Bonchev–Trinajstić information content (AvgIpc) is 2.67. The zero-order chi connectivity index (χ0) is 21.4. The van der Waals surface area contributed by atoms with Crippen LogP contribution in [0.2, 0.25) is 0 Å². The molecule has 1 aliphatic carbocycles. The number of benzene rings is 1. The van der Waals surface area contributed by atoms with E-state index in [2.05, 4.69) is 6.92 Å². The van der Waals surface area contributed by atoms with Crippen molar-refractivity contribution in [3.05, 3.63) is 29.3 Å². The summed E-state index contributed by atoms with van der Waals surface area (Å²) < 4.78 is 11.7. The van der Waals surface area contributed by atoms with Gasteiger partial charge in [-0.05, 0) is 65.0 Å². The Morgan fingerprint density at radius 1 is 1.38 bits per heavy atom. The number of hydrogen-bond donors (Lipinski definition) is 1. The summed E-state index contributed by atoms with van der Waals surface area (Å²) in [6.07, 6.45) is 4.65. The number of carbonyl (C=O) groups excluding carboxylic acids is 2. The van der Waals surface area contributed by atoms with Gasteiger partial charge in [0.05, 0.1) is 12.0 Å². The fourth-order valence-electron chi connectivity index (χ4n) is 4.69. The van der Waals surface area contributed by atoms with Gasteiger partial charge in [-0.3, -0.25) is 4.79 Å². The molecule has 0 spiro atoms. The second-order valence-electron chi connectivity index (χ2n) is 9.63. The molecular formula is C24H34O5. The molecule has 1 aliphatic heterocycles. The highest BCUT2D eigenvalue weighted by molar-refractivity contribution is 5.82. The zero-order valence-corrected chi connectivity index (χ0v) is 18.3. The number of ether oxygens (including phenoxy) is 2. The van der Waals surface area contributed by atoms with Crippen molar-refractivity contribution in [2.24, 2.45) is 5.92 Å². The van der Waals surface area contributed by atoms with Gasteiger partial charge in [-0.15, -0.1) is 0 Å². The Balaban J connectivity index is 1.95. The van der Waals surface area contributed by atoms with E-state index in [1.165, 1.54) is 0 Å². The van der Waals surface area contributed by atoms with Crippen LogP contribution >= 0.6 is 0 Å². The minimum Gasteiger partial charge on any atom is -0.485 e. The number of fused-ring (bicyclic) bond motifs is 3. The molecule has 0 bridgehead atoms. The molecule has 0 amide bonds. The molecule has 3 rings (SSSR count). The van der Waals surface area contributed by atoms with E-state index in [-0.39, 0.29) is 17.8 Å². The van der Waals surface area contributed by atoms with Crippen molar-refractivity contribution in [2.75, 3.05) is 6.61 Å². The van der Waals surface area contributed by atoms with Crippen LogP contribution in [0.25, 0.3) is 0 Å². The molecule has 0 aromatic heterocycles. The summed E-state index contributed by atoms with van der Waals surface area (Å²) in [5.41, 5.74) is -0.875. The van der Waals surface area contributed by atoms with Crippen molar-refractivity contribution in [2.45, 2.75) is 89.3 Å². The molecule has 1 fully saturated rings. The molecule has 2 aliphatic rings. The van der Waals surface area contributed by atoms with E-state index in [4.69, 9.17) is 9.47 Å². The first kappa shape index (κ1) is 21.8. The van der Waals surface area contributed by atoms with Gasteiger partial charge in [-0.2, -0.15) is 0 Å². The third-order valence-corrected chi connectivity index (χ3v) is 6.96. The van der Waals surface area contributed by atoms with Gasteiger partial charge in [0.2, 0.25) is 0 Å². The second-order valence-corrected chi connectivity index (χ2v) is 9.63. The molecule has 5 heteroatoms. The molecule has 0 radical (unpaired) electrons. The molecule has 3 atom stereocenters. The van der Waals surface area contributed by atoms with Crippen LogP contribution in [-0.2, 0) is 19.7 Å². The topological polar surface area (TPSA) is 72.8 Å². The Morgan fingerprint density at radius 3 is 2.76 bits per heavy atom. The second kappa shape index (κ2) is 7.75. The predicted molar refractivity (Wildman–Crippen MR) is 111 cm³/mol. The zero-order valence-electron chi connectivity index (χ0n) is 18.3. The molecule has 160 valence electrons. The molecular weight excluding hydrogens is 368 g/mol. The van der Waals surface area contributed by atoms with Crippen molar-refractivity contribution < 1.29 is 24.2 Å². The fraction of sp³-hybridized carbons (Fsp3) is 0.667. The third-order valence-electron chi connectivity index (χ3n) is 6.96. The molecule has 1 unspecified atom stereocenters. The first-order chi connectivity index (χ1) is 13.6. The highest BCUT2D eigenvalue weighted by Gasteiger charge is 2.57. The Hall–Kier alpha value is -1.88. The Bertz CT molecular complexity index is 781. The number of rotatable bonds is 6. The number of aldehydes is 1. The summed E-state index contributed by atoms with van der Waals surface area (Å²) in [6, 6.07) is 5.78. The van der Waals surface area contributed by atoms with Crippen molar-refractivity contribution in [3.8, 4) is 5.75 Å². The van der Waals surface area contributed by atoms with Crippen LogP contribution in [0.3, 0.4) is 0 Å². The smallest absolute Gasteiger partial charge is 0.315 e. The fourth-order valence-corrected chi connectivity index (χ4v) is 4.69. The summed E-state index contributed by atoms with van der Waals surface area (Å²) in [5, 5.41) is 11.5. The molecule has 1 aromatic rings. The number of esters is 1. The van der Waals surface area contributed by atoms with E-state index in [1.54, 1.807) is 0 Å². The van der Waals surface area contributed by atoms with E-state index in [0.717, 1.165) is 30.3 Å². The first-order valence-electron chi connectivity index (χ1n) is 10.7. The van der Waals surface area contributed by atoms with Crippen molar-refractivity contribution >= 4 is 12.3 Å². The van der Waals surface area contributed by atoms with E-state index in [9.17, 15) is 14.7 Å². The Morgan fingerprint density at radius 2 is 2.10 bits per heavy atom. The minimum absolute atomic E-state index is 0.0494. The summed E-state index contributed by atoms with van der Waals surface area (Å²) in [4.78, 5) is 24.1. The maximum Gasteiger partial charge on any atom is 0.315 e. The lowest BCUT2D eigenvalue weighted by Crippen LogP contribution is -2.62. The quantitative estimate of drug-likeness (QED) is 0.436. The lowest BCUT2D eigenvalue weighted by atomic mass is 9.61. The molecule has 0 saturated heterocycles. The maximum absolute atomic E-state index is 12.7. The highest BCUT2D eigenvalue weighted by Crippen LogP contribution is 2.55. The van der Waals surface area contributed by atoms with Gasteiger partial charge in [0, 0.05) is 17.4 Å². The van der Waals surface area contributed by atoms with Gasteiger partial charge >= 0.3 is 5.97 Å². The Labute approximate surface area is 173 Å². The normalized spacial score (nSPS) is 27.9. The van der Waals surface area contributed by atoms with Crippen molar-refractivity contribution in [1.29, 1.82) is 0 Å². The van der Waals surface area contributed by atoms with Crippen LogP contribution in [0, 0.1) is 5.92 Å². The first-order valence-corrected chi connectivity index (χ1v) is 10.7. The molecule has 29 heavy (non-hydrogen) atoms. The summed E-state index contributed by atoms with van der Waals surface area (Å²) in [6.45, 7) is 10.0. The molecule has 1 N–H and O–H groups in total. The lowest BCUT2D eigenvalue weighted by Gasteiger charge is -2.54. The van der Waals surface area contributed by atoms with E-state index < -0.39 is 16.6 Å². The number of aliphatic hydroxyl groups is 1. The molecule has 5 nitrogen and oxygen atoms in total. The predicted octanol–water partition coefficient (Wildman–Crippen LogP) is 4.29. The van der Waals surface area contributed by atoms with Gasteiger partial charge in [-0.1, -0.05) is 25.5 Å². The maximum atomic E-state index is 12.7.